The summed E-state index contributed by atoms with van der Waals surface area (Å²) in [5.74, 6) is 1.40. The van der Waals surface area contributed by atoms with Crippen molar-refractivity contribution in [2.24, 2.45) is 10.9 Å². The molecule has 0 bridgehead atoms. The van der Waals surface area contributed by atoms with Gasteiger partial charge in [-0.15, -0.1) is 24.0 Å². The number of guanidine groups is 1. The highest BCUT2D eigenvalue weighted by molar-refractivity contribution is 14.0. The van der Waals surface area contributed by atoms with Crippen molar-refractivity contribution in [1.82, 2.24) is 10.6 Å². The van der Waals surface area contributed by atoms with Gasteiger partial charge in [-0.2, -0.15) is 0 Å². The van der Waals surface area contributed by atoms with E-state index in [1.807, 2.05) is 12.1 Å². The number of hydrogen-bond donors (Lipinski definition) is 2. The highest BCUT2D eigenvalue weighted by Crippen LogP contribution is 2.09. The van der Waals surface area contributed by atoms with Crippen LogP contribution in [0.25, 0.3) is 0 Å². The average molecular weight is 405 g/mol. The standard InChI is InChI=1S/C16H27N3O.HI/c1-12(2)13(3)19-16(17-4)18-10-14-8-6-7-9-15(14)11-20-5;/h6-9,12-13H,10-11H2,1-5H3,(H2,17,18,19);1H. The zero-order chi connectivity index (χ0) is 15.0. The fraction of sp³-hybridized carbons (Fsp3) is 0.562. The van der Waals surface area contributed by atoms with Crippen molar-refractivity contribution >= 4 is 29.9 Å². The summed E-state index contributed by atoms with van der Waals surface area (Å²) in [6, 6.07) is 8.67. The Morgan fingerprint density at radius 1 is 1.19 bits per heavy atom. The Bertz CT molecular complexity index is 435. The molecule has 0 saturated carbocycles. The molecule has 1 aromatic rings. The first kappa shape index (κ1) is 20.2. The predicted molar refractivity (Wildman–Crippen MR) is 100 cm³/mol. The molecule has 1 atom stereocenters. The quantitative estimate of drug-likeness (QED) is 0.434. The van der Waals surface area contributed by atoms with E-state index >= 15 is 0 Å². The number of hydrogen-bond acceptors (Lipinski definition) is 2. The van der Waals surface area contributed by atoms with Crippen LogP contribution in [0.15, 0.2) is 29.3 Å². The lowest BCUT2D eigenvalue weighted by atomic mass is 10.1. The summed E-state index contributed by atoms with van der Waals surface area (Å²) in [5.41, 5.74) is 2.43. The van der Waals surface area contributed by atoms with Crippen LogP contribution in [0.3, 0.4) is 0 Å². The van der Waals surface area contributed by atoms with E-state index in [0.717, 1.165) is 12.5 Å². The molecule has 0 spiro atoms. The van der Waals surface area contributed by atoms with E-state index in [2.05, 4.69) is 48.5 Å². The maximum atomic E-state index is 5.22. The van der Waals surface area contributed by atoms with Gasteiger partial charge in [0.2, 0.25) is 0 Å². The monoisotopic (exact) mass is 405 g/mol. The van der Waals surface area contributed by atoms with Gasteiger partial charge in [0.05, 0.1) is 6.61 Å². The van der Waals surface area contributed by atoms with Crippen molar-refractivity contribution in [3.05, 3.63) is 35.4 Å². The van der Waals surface area contributed by atoms with Gasteiger partial charge in [-0.3, -0.25) is 4.99 Å². The number of rotatable bonds is 6. The number of nitrogens with zero attached hydrogens (tertiary/aromatic N) is 1. The minimum absolute atomic E-state index is 0. The summed E-state index contributed by atoms with van der Waals surface area (Å²) < 4.78 is 5.22. The zero-order valence-electron chi connectivity index (χ0n) is 13.6. The van der Waals surface area contributed by atoms with E-state index in [0.29, 0.717) is 18.6 Å². The van der Waals surface area contributed by atoms with Crippen molar-refractivity contribution in [2.45, 2.75) is 40.0 Å². The molecular weight excluding hydrogens is 377 g/mol. The molecule has 0 aliphatic heterocycles. The Hall–Kier alpha value is -0.820. The number of benzene rings is 1. The normalized spacial score (nSPS) is 12.8. The van der Waals surface area contributed by atoms with Gasteiger partial charge in [0.15, 0.2) is 5.96 Å². The first-order valence-electron chi connectivity index (χ1n) is 7.11. The van der Waals surface area contributed by atoms with Crippen LogP contribution in [-0.4, -0.2) is 26.2 Å². The summed E-state index contributed by atoms with van der Waals surface area (Å²) in [6.45, 7) is 7.92. The first-order valence-corrected chi connectivity index (χ1v) is 7.11. The second kappa shape index (κ2) is 10.8. The van der Waals surface area contributed by atoms with Gasteiger partial charge in [-0.05, 0) is 24.0 Å². The number of aliphatic imine (C=N–C) groups is 1. The molecule has 0 aromatic heterocycles. The van der Waals surface area contributed by atoms with Crippen LogP contribution < -0.4 is 10.6 Å². The van der Waals surface area contributed by atoms with E-state index in [1.165, 1.54) is 11.1 Å². The van der Waals surface area contributed by atoms with Gasteiger partial charge >= 0.3 is 0 Å². The molecule has 0 aliphatic rings. The van der Waals surface area contributed by atoms with Crippen LogP contribution in [0.2, 0.25) is 0 Å². The number of methoxy groups -OCH3 is 1. The molecule has 120 valence electrons. The van der Waals surface area contributed by atoms with Crippen LogP contribution in [0.4, 0.5) is 0 Å². The summed E-state index contributed by atoms with van der Waals surface area (Å²) in [6.07, 6.45) is 0. The van der Waals surface area contributed by atoms with Crippen molar-refractivity contribution < 1.29 is 4.74 Å². The third kappa shape index (κ3) is 7.13. The first-order chi connectivity index (χ1) is 9.58. The Balaban J connectivity index is 0.00000400. The predicted octanol–water partition coefficient (Wildman–Crippen LogP) is 3.16. The second-order valence-electron chi connectivity index (χ2n) is 5.30. The van der Waals surface area contributed by atoms with E-state index in [4.69, 9.17) is 4.74 Å². The minimum atomic E-state index is 0. The zero-order valence-corrected chi connectivity index (χ0v) is 16.0. The summed E-state index contributed by atoms with van der Waals surface area (Å²) in [5, 5.41) is 6.75. The highest BCUT2D eigenvalue weighted by atomic mass is 127. The average Bonchev–Trinajstić information content (AvgIpc) is 2.44. The van der Waals surface area contributed by atoms with E-state index in [-0.39, 0.29) is 24.0 Å². The Labute approximate surface area is 145 Å². The molecule has 0 saturated heterocycles. The molecule has 0 heterocycles. The van der Waals surface area contributed by atoms with Crippen LogP contribution in [0.5, 0.6) is 0 Å². The second-order valence-corrected chi connectivity index (χ2v) is 5.30. The molecule has 0 radical (unpaired) electrons. The summed E-state index contributed by atoms with van der Waals surface area (Å²) in [4.78, 5) is 4.26. The fourth-order valence-electron chi connectivity index (χ4n) is 1.78. The molecule has 4 nitrogen and oxygen atoms in total. The molecular formula is C16H28IN3O. The SMILES string of the molecule is CN=C(NCc1ccccc1COC)NC(C)C(C)C.I. The lowest BCUT2D eigenvalue weighted by Crippen LogP contribution is -2.44. The van der Waals surface area contributed by atoms with Gasteiger partial charge in [-0.25, -0.2) is 0 Å². The smallest absolute Gasteiger partial charge is 0.191 e. The lowest BCUT2D eigenvalue weighted by molar-refractivity contribution is 0.184. The number of halogens is 1. The van der Waals surface area contributed by atoms with Crippen molar-refractivity contribution in [3.8, 4) is 0 Å². The van der Waals surface area contributed by atoms with Crippen LogP contribution in [-0.2, 0) is 17.9 Å². The highest BCUT2D eigenvalue weighted by Gasteiger charge is 2.09. The molecule has 0 amide bonds. The van der Waals surface area contributed by atoms with Gasteiger partial charge in [0, 0.05) is 26.7 Å². The Kier molecular flexibility index (Phi) is 10.4. The summed E-state index contributed by atoms with van der Waals surface area (Å²) >= 11 is 0. The van der Waals surface area contributed by atoms with Gasteiger partial charge in [0.1, 0.15) is 0 Å². The van der Waals surface area contributed by atoms with E-state index < -0.39 is 0 Å². The fourth-order valence-corrected chi connectivity index (χ4v) is 1.78. The molecule has 2 N–H and O–H groups in total. The van der Waals surface area contributed by atoms with Gasteiger partial charge < -0.3 is 15.4 Å². The van der Waals surface area contributed by atoms with Crippen molar-refractivity contribution in [1.29, 1.82) is 0 Å². The number of nitrogens with one attached hydrogen (secondary N) is 2. The molecule has 21 heavy (non-hydrogen) atoms. The molecule has 1 unspecified atom stereocenters. The van der Waals surface area contributed by atoms with Crippen molar-refractivity contribution in [2.75, 3.05) is 14.2 Å². The van der Waals surface area contributed by atoms with Crippen LogP contribution in [0.1, 0.15) is 31.9 Å². The van der Waals surface area contributed by atoms with Gasteiger partial charge in [0.25, 0.3) is 0 Å². The molecule has 0 fully saturated rings. The third-order valence-electron chi connectivity index (χ3n) is 3.45. The molecule has 0 aliphatic carbocycles. The van der Waals surface area contributed by atoms with Gasteiger partial charge in [-0.1, -0.05) is 38.1 Å². The maximum Gasteiger partial charge on any atom is 0.191 e. The topological polar surface area (TPSA) is 45.7 Å². The number of ether oxygens (including phenoxy) is 1. The maximum absolute atomic E-state index is 5.22. The summed E-state index contributed by atoms with van der Waals surface area (Å²) in [7, 11) is 3.51. The Morgan fingerprint density at radius 2 is 1.81 bits per heavy atom. The van der Waals surface area contributed by atoms with Crippen molar-refractivity contribution in [3.63, 3.8) is 0 Å². The van der Waals surface area contributed by atoms with Crippen LogP contribution in [0, 0.1) is 5.92 Å². The molecule has 1 rings (SSSR count). The van der Waals surface area contributed by atoms with E-state index in [9.17, 15) is 0 Å². The lowest BCUT2D eigenvalue weighted by Gasteiger charge is -2.21. The Morgan fingerprint density at radius 3 is 2.33 bits per heavy atom. The molecule has 5 heteroatoms. The molecule has 1 aromatic carbocycles. The third-order valence-corrected chi connectivity index (χ3v) is 3.45. The largest absolute Gasteiger partial charge is 0.380 e. The van der Waals surface area contributed by atoms with Crippen LogP contribution >= 0.6 is 24.0 Å². The van der Waals surface area contributed by atoms with E-state index in [1.54, 1.807) is 14.2 Å². The minimum Gasteiger partial charge on any atom is -0.380 e.